The summed E-state index contributed by atoms with van der Waals surface area (Å²) in [6.07, 6.45) is 8.42. The number of hydrogen-bond donors (Lipinski definition) is 0. The summed E-state index contributed by atoms with van der Waals surface area (Å²) in [4.78, 5) is 8.56. The van der Waals surface area contributed by atoms with Gasteiger partial charge in [0.05, 0.1) is 6.61 Å². The Morgan fingerprint density at radius 1 is 1.33 bits per heavy atom. The normalized spacial score (nSPS) is 19.3. The van der Waals surface area contributed by atoms with Crippen molar-refractivity contribution in [3.8, 4) is 5.88 Å². The van der Waals surface area contributed by atoms with E-state index in [2.05, 4.69) is 46.0 Å². The molecular formula is C19H25N3OS. The van der Waals surface area contributed by atoms with Gasteiger partial charge in [-0.2, -0.15) is 0 Å². The Morgan fingerprint density at radius 2 is 2.29 bits per heavy atom. The van der Waals surface area contributed by atoms with Crippen LogP contribution in [0.2, 0.25) is 0 Å². The minimum absolute atomic E-state index is 0.673. The average Bonchev–Trinajstić information content (AvgIpc) is 3.24. The van der Waals surface area contributed by atoms with Gasteiger partial charge < -0.3 is 14.0 Å². The second kappa shape index (κ2) is 7.11. The highest BCUT2D eigenvalue weighted by Crippen LogP contribution is 2.28. The van der Waals surface area contributed by atoms with E-state index in [0.717, 1.165) is 29.9 Å². The molecule has 0 aromatic carbocycles. The second-order valence-corrected chi connectivity index (χ2v) is 7.51. The Kier molecular flexibility index (Phi) is 4.72. The van der Waals surface area contributed by atoms with Gasteiger partial charge in [0, 0.05) is 12.2 Å². The van der Waals surface area contributed by atoms with Crippen molar-refractivity contribution in [2.24, 2.45) is 0 Å². The van der Waals surface area contributed by atoms with Crippen LogP contribution >= 0.6 is 11.3 Å². The third kappa shape index (κ3) is 3.03. The van der Waals surface area contributed by atoms with Gasteiger partial charge in [0.2, 0.25) is 5.88 Å². The molecule has 1 saturated heterocycles. The van der Waals surface area contributed by atoms with Crippen molar-refractivity contribution in [3.63, 3.8) is 0 Å². The fourth-order valence-corrected chi connectivity index (χ4v) is 4.66. The number of aromatic nitrogens is 2. The fraction of sp³-hybridized carbons (Fsp3) is 0.526. The van der Waals surface area contributed by atoms with E-state index in [0.29, 0.717) is 6.04 Å². The lowest BCUT2D eigenvalue weighted by atomic mass is 9.99. The topological polar surface area (TPSA) is 29.8 Å². The summed E-state index contributed by atoms with van der Waals surface area (Å²) in [6.45, 7) is 5.48. The summed E-state index contributed by atoms with van der Waals surface area (Å²) in [7, 11) is 0. The minimum atomic E-state index is 0.673. The second-order valence-electron chi connectivity index (χ2n) is 6.61. The third-order valence-corrected chi connectivity index (χ3v) is 5.88. The molecule has 0 spiro atoms. The molecule has 0 saturated carbocycles. The molecule has 3 aromatic rings. The van der Waals surface area contributed by atoms with Crippen molar-refractivity contribution in [1.29, 1.82) is 0 Å². The molecule has 1 fully saturated rings. The highest BCUT2D eigenvalue weighted by atomic mass is 32.1. The Morgan fingerprint density at radius 3 is 3.21 bits per heavy atom. The van der Waals surface area contributed by atoms with Crippen molar-refractivity contribution in [2.75, 3.05) is 19.7 Å². The first-order valence-electron chi connectivity index (χ1n) is 9.08. The molecule has 1 aliphatic heterocycles. The monoisotopic (exact) mass is 343 g/mol. The van der Waals surface area contributed by atoms with E-state index < -0.39 is 0 Å². The van der Waals surface area contributed by atoms with E-state index >= 15 is 0 Å². The van der Waals surface area contributed by atoms with Crippen LogP contribution in [-0.2, 0) is 0 Å². The van der Waals surface area contributed by atoms with Crippen LogP contribution < -0.4 is 4.74 Å². The van der Waals surface area contributed by atoms with Gasteiger partial charge >= 0.3 is 0 Å². The zero-order chi connectivity index (χ0) is 16.4. The number of piperidine rings is 1. The van der Waals surface area contributed by atoms with Crippen LogP contribution in [0, 0.1) is 0 Å². The highest BCUT2D eigenvalue weighted by molar-refractivity contribution is 7.16. The van der Waals surface area contributed by atoms with Crippen molar-refractivity contribution in [3.05, 3.63) is 29.8 Å². The van der Waals surface area contributed by atoms with Crippen LogP contribution in [0.3, 0.4) is 0 Å². The van der Waals surface area contributed by atoms with Gasteiger partial charge in [-0.25, -0.2) is 4.98 Å². The number of ether oxygens (including phenoxy) is 1. The maximum atomic E-state index is 6.13. The van der Waals surface area contributed by atoms with E-state index in [-0.39, 0.29) is 0 Å². The predicted octanol–water partition coefficient (Wildman–Crippen LogP) is 4.58. The van der Waals surface area contributed by atoms with Crippen molar-refractivity contribution in [2.45, 2.75) is 45.1 Å². The van der Waals surface area contributed by atoms with Gasteiger partial charge in [0.15, 0.2) is 0 Å². The van der Waals surface area contributed by atoms with E-state index in [4.69, 9.17) is 9.72 Å². The van der Waals surface area contributed by atoms with Gasteiger partial charge in [-0.3, -0.25) is 0 Å². The van der Waals surface area contributed by atoms with E-state index in [9.17, 15) is 0 Å². The Hall–Kier alpha value is -1.59. The quantitative estimate of drug-likeness (QED) is 0.656. The number of thiophene rings is 1. The van der Waals surface area contributed by atoms with Gasteiger partial charge in [0.25, 0.3) is 0 Å². The van der Waals surface area contributed by atoms with Crippen LogP contribution in [0.5, 0.6) is 5.88 Å². The van der Waals surface area contributed by atoms with Crippen LogP contribution in [0.25, 0.3) is 15.9 Å². The zero-order valence-electron chi connectivity index (χ0n) is 14.3. The molecule has 0 radical (unpaired) electrons. The Balaban J connectivity index is 1.47. The first-order valence-corrected chi connectivity index (χ1v) is 9.96. The molecule has 1 aliphatic rings. The van der Waals surface area contributed by atoms with Gasteiger partial charge in [0.1, 0.15) is 15.9 Å². The summed E-state index contributed by atoms with van der Waals surface area (Å²) >= 11 is 1.72. The van der Waals surface area contributed by atoms with E-state index in [1.165, 1.54) is 43.6 Å². The van der Waals surface area contributed by atoms with Gasteiger partial charge in [-0.05, 0) is 62.4 Å². The molecule has 0 aliphatic carbocycles. The lowest BCUT2D eigenvalue weighted by Crippen LogP contribution is -2.40. The van der Waals surface area contributed by atoms with Crippen molar-refractivity contribution in [1.82, 2.24) is 14.3 Å². The molecule has 0 amide bonds. The number of rotatable bonds is 6. The number of likely N-dealkylation sites (tertiary alicyclic amines) is 1. The van der Waals surface area contributed by atoms with Gasteiger partial charge in [-0.15, -0.1) is 11.3 Å². The van der Waals surface area contributed by atoms with Crippen molar-refractivity contribution >= 4 is 27.2 Å². The molecular weight excluding hydrogens is 318 g/mol. The molecule has 4 rings (SSSR count). The Bertz CT molecular complexity index is 807. The first kappa shape index (κ1) is 15.9. The largest absolute Gasteiger partial charge is 0.476 e. The molecule has 0 bridgehead atoms. The summed E-state index contributed by atoms with van der Waals surface area (Å²) in [5, 5.41) is 2.09. The van der Waals surface area contributed by atoms with Crippen LogP contribution in [0.1, 0.15) is 39.0 Å². The average molecular weight is 343 g/mol. The number of hydrogen-bond acceptors (Lipinski definition) is 4. The predicted molar refractivity (Wildman–Crippen MR) is 100 cm³/mol. The van der Waals surface area contributed by atoms with Crippen LogP contribution in [0.4, 0.5) is 0 Å². The molecule has 5 heteroatoms. The SMILES string of the molecule is CCCN1CCCCC1CCOc1nc2ccsc2n2cccc12. The first-order chi connectivity index (χ1) is 11.9. The maximum Gasteiger partial charge on any atom is 0.238 e. The van der Waals surface area contributed by atoms with Crippen molar-refractivity contribution < 1.29 is 4.74 Å². The molecule has 1 atom stereocenters. The standard InChI is InChI=1S/C19H25N3OS/c1-2-10-21-11-4-3-6-15(21)8-13-23-18-17-7-5-12-22(17)19-16(20-18)9-14-24-19/h5,7,9,12,14-15H,2-4,6,8,10-11,13H2,1H3. The fourth-order valence-electron chi connectivity index (χ4n) is 3.83. The molecule has 24 heavy (non-hydrogen) atoms. The Labute approximate surface area is 147 Å². The van der Waals surface area contributed by atoms with Gasteiger partial charge in [-0.1, -0.05) is 13.3 Å². The number of fused-ring (bicyclic) bond motifs is 3. The summed E-state index contributed by atoms with van der Waals surface area (Å²) < 4.78 is 8.32. The molecule has 0 N–H and O–H groups in total. The van der Waals surface area contributed by atoms with E-state index in [1.807, 2.05) is 0 Å². The zero-order valence-corrected chi connectivity index (χ0v) is 15.1. The lowest BCUT2D eigenvalue weighted by molar-refractivity contribution is 0.123. The minimum Gasteiger partial charge on any atom is -0.476 e. The molecule has 4 heterocycles. The molecule has 3 aromatic heterocycles. The van der Waals surface area contributed by atoms with E-state index in [1.54, 1.807) is 11.3 Å². The lowest BCUT2D eigenvalue weighted by Gasteiger charge is -2.35. The molecule has 128 valence electrons. The molecule has 4 nitrogen and oxygen atoms in total. The highest BCUT2D eigenvalue weighted by Gasteiger charge is 2.21. The third-order valence-electron chi connectivity index (χ3n) is 4.98. The summed E-state index contributed by atoms with van der Waals surface area (Å²) in [5.41, 5.74) is 2.09. The van der Waals surface area contributed by atoms with Crippen LogP contribution in [0.15, 0.2) is 29.8 Å². The molecule has 1 unspecified atom stereocenters. The smallest absolute Gasteiger partial charge is 0.238 e. The maximum absolute atomic E-state index is 6.13. The van der Waals surface area contributed by atoms with Crippen LogP contribution in [-0.4, -0.2) is 40.0 Å². The summed E-state index contributed by atoms with van der Waals surface area (Å²) in [5.74, 6) is 0.767. The summed E-state index contributed by atoms with van der Waals surface area (Å²) in [6, 6.07) is 6.89. The number of nitrogens with zero attached hydrogens (tertiary/aromatic N) is 3.